The predicted octanol–water partition coefficient (Wildman–Crippen LogP) is 3.88. The third kappa shape index (κ3) is 3.01. The number of hydrogen-bond donors (Lipinski definition) is 1. The molecule has 2 nitrogen and oxygen atoms in total. The van der Waals surface area contributed by atoms with E-state index in [0.717, 1.165) is 24.2 Å². The first kappa shape index (κ1) is 14.1. The van der Waals surface area contributed by atoms with Crippen LogP contribution in [0.3, 0.4) is 0 Å². The molecule has 0 bridgehead atoms. The minimum absolute atomic E-state index is 0.157. The van der Waals surface area contributed by atoms with Crippen LogP contribution in [0.15, 0.2) is 18.2 Å². The molecule has 1 aromatic rings. The fourth-order valence-electron chi connectivity index (χ4n) is 3.04. The summed E-state index contributed by atoms with van der Waals surface area (Å²) in [5.74, 6) is 0.928. The lowest BCUT2D eigenvalue weighted by Gasteiger charge is -2.33. The average molecular weight is 260 g/mol. The van der Waals surface area contributed by atoms with Crippen molar-refractivity contribution in [2.24, 2.45) is 5.41 Å². The molecule has 0 saturated heterocycles. The Hall–Kier alpha value is -1.28. The van der Waals surface area contributed by atoms with E-state index >= 15 is 0 Å². The van der Waals surface area contributed by atoms with Crippen LogP contribution in [0, 0.1) is 19.3 Å². The number of rotatable bonds is 2. The lowest BCUT2D eigenvalue weighted by atomic mass is 9.74. The molecular formula is C17H24O2. The van der Waals surface area contributed by atoms with Crippen molar-refractivity contribution in [2.45, 2.75) is 46.6 Å². The summed E-state index contributed by atoms with van der Waals surface area (Å²) >= 11 is 0. The van der Waals surface area contributed by atoms with Crippen molar-refractivity contribution in [2.75, 3.05) is 7.11 Å². The topological polar surface area (TPSA) is 29.5 Å². The Bertz CT molecular complexity index is 512. The molecule has 2 heteroatoms. The van der Waals surface area contributed by atoms with Crippen LogP contribution in [-0.4, -0.2) is 18.3 Å². The molecule has 1 N–H and O–H groups in total. The number of benzene rings is 1. The molecule has 0 heterocycles. The van der Waals surface area contributed by atoms with Crippen LogP contribution in [0.5, 0.6) is 5.75 Å². The van der Waals surface area contributed by atoms with Gasteiger partial charge in [0.1, 0.15) is 5.75 Å². The highest BCUT2D eigenvalue weighted by atomic mass is 16.5. The van der Waals surface area contributed by atoms with Gasteiger partial charge >= 0.3 is 0 Å². The normalized spacial score (nSPS) is 22.0. The summed E-state index contributed by atoms with van der Waals surface area (Å²) in [6.07, 6.45) is 3.53. The van der Waals surface area contributed by atoms with Crippen molar-refractivity contribution in [1.29, 1.82) is 0 Å². The monoisotopic (exact) mass is 260 g/mol. The summed E-state index contributed by atoms with van der Waals surface area (Å²) in [5.41, 5.74) is 5.00. The van der Waals surface area contributed by atoms with E-state index in [4.69, 9.17) is 4.74 Å². The van der Waals surface area contributed by atoms with E-state index in [0.29, 0.717) is 0 Å². The van der Waals surface area contributed by atoms with Gasteiger partial charge in [-0.2, -0.15) is 0 Å². The van der Waals surface area contributed by atoms with Gasteiger partial charge in [0.05, 0.1) is 13.2 Å². The highest BCUT2D eigenvalue weighted by Crippen LogP contribution is 2.41. The number of aliphatic hydroxyl groups is 1. The Balaban J connectivity index is 2.45. The third-order valence-corrected chi connectivity index (χ3v) is 3.91. The van der Waals surface area contributed by atoms with Crippen molar-refractivity contribution >= 4 is 5.57 Å². The first-order chi connectivity index (χ1) is 8.82. The van der Waals surface area contributed by atoms with Crippen molar-refractivity contribution in [3.05, 3.63) is 34.9 Å². The fraction of sp³-hybridized carbons (Fsp3) is 0.529. The minimum Gasteiger partial charge on any atom is -0.496 e. The van der Waals surface area contributed by atoms with Crippen molar-refractivity contribution < 1.29 is 9.84 Å². The van der Waals surface area contributed by atoms with E-state index in [2.05, 4.69) is 39.8 Å². The zero-order valence-corrected chi connectivity index (χ0v) is 12.6. The molecule has 2 rings (SSSR count). The van der Waals surface area contributed by atoms with Crippen molar-refractivity contribution in [1.82, 2.24) is 0 Å². The number of ether oxygens (including phenoxy) is 1. The molecule has 0 spiro atoms. The fourth-order valence-corrected chi connectivity index (χ4v) is 3.04. The van der Waals surface area contributed by atoms with Crippen LogP contribution in [-0.2, 0) is 0 Å². The van der Waals surface area contributed by atoms with Crippen LogP contribution >= 0.6 is 0 Å². The Morgan fingerprint density at radius 2 is 1.89 bits per heavy atom. The van der Waals surface area contributed by atoms with E-state index in [9.17, 15) is 5.11 Å². The van der Waals surface area contributed by atoms with Gasteiger partial charge in [-0.15, -0.1) is 0 Å². The second-order valence-corrected chi connectivity index (χ2v) is 6.44. The molecule has 1 unspecified atom stereocenters. The highest BCUT2D eigenvalue weighted by Gasteiger charge is 2.28. The predicted molar refractivity (Wildman–Crippen MR) is 79.5 cm³/mol. The van der Waals surface area contributed by atoms with Crippen LogP contribution in [0.25, 0.3) is 5.57 Å². The molecule has 1 aliphatic rings. The molecule has 1 aliphatic carbocycles. The molecule has 0 radical (unpaired) electrons. The molecule has 1 atom stereocenters. The van der Waals surface area contributed by atoms with Gasteiger partial charge < -0.3 is 9.84 Å². The van der Waals surface area contributed by atoms with Gasteiger partial charge in [-0.25, -0.2) is 0 Å². The van der Waals surface area contributed by atoms with Crippen LogP contribution in [0.1, 0.15) is 43.4 Å². The highest BCUT2D eigenvalue weighted by molar-refractivity contribution is 5.71. The summed E-state index contributed by atoms with van der Waals surface area (Å²) in [5, 5.41) is 10.0. The summed E-state index contributed by atoms with van der Waals surface area (Å²) in [7, 11) is 1.70. The summed E-state index contributed by atoms with van der Waals surface area (Å²) in [6.45, 7) is 8.60. The maximum absolute atomic E-state index is 10.0. The average Bonchev–Trinajstić information content (AvgIpc) is 2.28. The standard InChI is InChI=1S/C17H24O2/c1-11-7-16(19-5)12(2)6-15(11)13-8-14(18)10-17(3,4)9-13/h6-8,14,18H,9-10H2,1-5H3. The van der Waals surface area contributed by atoms with E-state index in [1.165, 1.54) is 16.7 Å². The van der Waals surface area contributed by atoms with Gasteiger partial charge in [-0.3, -0.25) is 0 Å². The van der Waals surface area contributed by atoms with Crippen LogP contribution in [0.4, 0.5) is 0 Å². The smallest absolute Gasteiger partial charge is 0.122 e. The maximum Gasteiger partial charge on any atom is 0.122 e. The molecule has 0 fully saturated rings. The molecule has 19 heavy (non-hydrogen) atoms. The van der Waals surface area contributed by atoms with E-state index in [-0.39, 0.29) is 11.5 Å². The van der Waals surface area contributed by atoms with Crippen LogP contribution in [0.2, 0.25) is 0 Å². The first-order valence-electron chi connectivity index (χ1n) is 6.87. The van der Waals surface area contributed by atoms with Crippen molar-refractivity contribution in [3.63, 3.8) is 0 Å². The zero-order valence-electron chi connectivity index (χ0n) is 12.6. The van der Waals surface area contributed by atoms with Gasteiger partial charge in [0.2, 0.25) is 0 Å². The van der Waals surface area contributed by atoms with Gasteiger partial charge in [0.15, 0.2) is 0 Å². The van der Waals surface area contributed by atoms with E-state index in [1.54, 1.807) is 7.11 Å². The molecular weight excluding hydrogens is 236 g/mol. The molecule has 1 aromatic carbocycles. The summed E-state index contributed by atoms with van der Waals surface area (Å²) < 4.78 is 5.36. The molecule has 104 valence electrons. The molecule has 0 aliphatic heterocycles. The third-order valence-electron chi connectivity index (χ3n) is 3.91. The Morgan fingerprint density at radius 1 is 1.21 bits per heavy atom. The number of aliphatic hydroxyl groups excluding tert-OH is 1. The van der Waals surface area contributed by atoms with Gasteiger partial charge in [-0.05, 0) is 66.5 Å². The summed E-state index contributed by atoms with van der Waals surface area (Å²) in [6, 6.07) is 4.26. The Kier molecular flexibility index (Phi) is 3.73. The number of hydrogen-bond acceptors (Lipinski definition) is 2. The quantitative estimate of drug-likeness (QED) is 0.874. The summed E-state index contributed by atoms with van der Waals surface area (Å²) in [4.78, 5) is 0. The largest absolute Gasteiger partial charge is 0.496 e. The van der Waals surface area contributed by atoms with Crippen LogP contribution < -0.4 is 4.74 Å². The maximum atomic E-state index is 10.0. The molecule has 0 aromatic heterocycles. The second kappa shape index (κ2) is 5.01. The second-order valence-electron chi connectivity index (χ2n) is 6.44. The van der Waals surface area contributed by atoms with Crippen molar-refractivity contribution in [3.8, 4) is 5.75 Å². The van der Waals surface area contributed by atoms with Gasteiger partial charge in [0.25, 0.3) is 0 Å². The lowest BCUT2D eigenvalue weighted by molar-refractivity contribution is 0.146. The zero-order chi connectivity index (χ0) is 14.2. The Morgan fingerprint density at radius 3 is 2.47 bits per heavy atom. The Labute approximate surface area is 116 Å². The number of methoxy groups -OCH3 is 1. The molecule has 0 saturated carbocycles. The lowest BCUT2D eigenvalue weighted by Crippen LogP contribution is -2.24. The first-order valence-corrected chi connectivity index (χ1v) is 6.87. The minimum atomic E-state index is -0.333. The van der Waals surface area contributed by atoms with E-state index in [1.807, 2.05) is 6.08 Å². The number of allylic oxidation sites excluding steroid dienone is 1. The SMILES string of the molecule is COc1cc(C)c(C2=CC(O)CC(C)(C)C2)cc1C. The molecule has 0 amide bonds. The van der Waals surface area contributed by atoms with Gasteiger partial charge in [0, 0.05) is 0 Å². The van der Waals surface area contributed by atoms with E-state index < -0.39 is 0 Å². The number of aryl methyl sites for hydroxylation is 2. The van der Waals surface area contributed by atoms with Gasteiger partial charge in [-0.1, -0.05) is 19.9 Å².